The Hall–Kier alpha value is -2.81. The van der Waals surface area contributed by atoms with Gasteiger partial charge in [-0.1, -0.05) is 54.6 Å². The average molecular weight is 315 g/mol. The van der Waals surface area contributed by atoms with Gasteiger partial charge in [-0.2, -0.15) is 0 Å². The van der Waals surface area contributed by atoms with Crippen molar-refractivity contribution in [1.82, 2.24) is 0 Å². The zero-order chi connectivity index (χ0) is 16.6. The average Bonchev–Trinajstić information content (AvgIpc) is 2.58. The first-order valence-electron chi connectivity index (χ1n) is 8.29. The van der Waals surface area contributed by atoms with Crippen molar-refractivity contribution in [2.75, 3.05) is 10.6 Å². The summed E-state index contributed by atoms with van der Waals surface area (Å²) in [5, 5.41) is 9.63. The van der Waals surface area contributed by atoms with Gasteiger partial charge in [0, 0.05) is 0 Å². The summed E-state index contributed by atoms with van der Waals surface area (Å²) in [4.78, 5) is 4.83. The third-order valence-corrected chi connectivity index (χ3v) is 4.44. The Labute approximate surface area is 142 Å². The van der Waals surface area contributed by atoms with Crippen molar-refractivity contribution in [3.63, 3.8) is 0 Å². The van der Waals surface area contributed by atoms with E-state index < -0.39 is 0 Å². The molecule has 24 heavy (non-hydrogen) atoms. The van der Waals surface area contributed by atoms with Gasteiger partial charge >= 0.3 is 0 Å². The molecular weight excluding hydrogens is 294 g/mol. The normalized spacial score (nSPS) is 17.2. The molecule has 2 N–H and O–H groups in total. The van der Waals surface area contributed by atoms with Crippen molar-refractivity contribution in [3.05, 3.63) is 72.3 Å². The molecular formula is C21H21N3. The van der Waals surface area contributed by atoms with Gasteiger partial charge in [0.05, 0.1) is 23.5 Å². The molecule has 3 aromatic carbocycles. The van der Waals surface area contributed by atoms with Crippen LogP contribution in [0.5, 0.6) is 0 Å². The maximum Gasteiger partial charge on any atom is 0.126 e. The number of aliphatic imine (C=N–C) groups is 1. The van der Waals surface area contributed by atoms with Gasteiger partial charge in [0.15, 0.2) is 0 Å². The van der Waals surface area contributed by atoms with Crippen LogP contribution in [0, 0.1) is 0 Å². The Morgan fingerprint density at radius 2 is 1.46 bits per heavy atom. The molecule has 0 amide bonds. The van der Waals surface area contributed by atoms with E-state index in [9.17, 15) is 0 Å². The van der Waals surface area contributed by atoms with Gasteiger partial charge in [-0.25, -0.2) is 0 Å². The summed E-state index contributed by atoms with van der Waals surface area (Å²) in [6.07, 6.45) is 0. The number of rotatable bonds is 2. The first kappa shape index (κ1) is 14.8. The van der Waals surface area contributed by atoms with Gasteiger partial charge in [0.25, 0.3) is 0 Å². The second kappa shape index (κ2) is 5.68. The summed E-state index contributed by atoms with van der Waals surface area (Å²) in [5.41, 5.74) is 3.19. The lowest BCUT2D eigenvalue weighted by atomic mass is 9.97. The fourth-order valence-electron chi connectivity index (χ4n) is 3.12. The predicted molar refractivity (Wildman–Crippen MR) is 103 cm³/mol. The molecule has 0 bridgehead atoms. The third-order valence-electron chi connectivity index (χ3n) is 4.44. The van der Waals surface area contributed by atoms with Crippen molar-refractivity contribution < 1.29 is 0 Å². The Kier molecular flexibility index (Phi) is 3.49. The molecule has 4 rings (SSSR count). The lowest BCUT2D eigenvalue weighted by Crippen LogP contribution is -2.47. The topological polar surface area (TPSA) is 36.4 Å². The summed E-state index contributed by atoms with van der Waals surface area (Å²) in [6.45, 7) is 4.99. The molecule has 1 aliphatic rings. The van der Waals surface area contributed by atoms with Crippen LogP contribution >= 0.6 is 0 Å². The monoisotopic (exact) mass is 315 g/mol. The van der Waals surface area contributed by atoms with E-state index in [0.29, 0.717) is 6.54 Å². The SMILES string of the molecule is CC1(C)Nc2cc3ccccc3cc2NC1=NCc1ccccc1. The second-order valence-corrected chi connectivity index (χ2v) is 6.77. The summed E-state index contributed by atoms with van der Waals surface area (Å²) in [7, 11) is 0. The number of hydrogen-bond donors (Lipinski definition) is 2. The van der Waals surface area contributed by atoms with Crippen molar-refractivity contribution in [2.24, 2.45) is 4.99 Å². The molecule has 3 aromatic rings. The van der Waals surface area contributed by atoms with Gasteiger partial charge in [0.1, 0.15) is 5.84 Å². The van der Waals surface area contributed by atoms with Crippen LogP contribution in [0.2, 0.25) is 0 Å². The number of nitrogens with zero attached hydrogens (tertiary/aromatic N) is 1. The first-order chi connectivity index (χ1) is 11.6. The predicted octanol–water partition coefficient (Wildman–Crippen LogP) is 5.05. The van der Waals surface area contributed by atoms with E-state index in [1.807, 2.05) is 6.07 Å². The fraction of sp³-hybridized carbons (Fsp3) is 0.190. The summed E-state index contributed by atoms with van der Waals surface area (Å²) < 4.78 is 0. The highest BCUT2D eigenvalue weighted by Crippen LogP contribution is 2.35. The van der Waals surface area contributed by atoms with E-state index >= 15 is 0 Å². The standard InChI is InChI=1S/C21H21N3/c1-21(2)20(22-14-15-8-4-3-5-9-15)23-18-12-16-10-6-7-11-17(16)13-19(18)24-21/h3-13,24H,14H2,1-2H3,(H,22,23). The minimum Gasteiger partial charge on any atom is -0.371 e. The van der Waals surface area contributed by atoms with Crippen LogP contribution in [-0.2, 0) is 6.54 Å². The van der Waals surface area contributed by atoms with E-state index in [2.05, 4.69) is 85.1 Å². The molecule has 0 atom stereocenters. The van der Waals surface area contributed by atoms with Crippen molar-refractivity contribution in [1.29, 1.82) is 0 Å². The lowest BCUT2D eigenvalue weighted by molar-refractivity contribution is 0.742. The van der Waals surface area contributed by atoms with Crippen LogP contribution in [0.4, 0.5) is 11.4 Å². The molecule has 0 aromatic heterocycles. The lowest BCUT2D eigenvalue weighted by Gasteiger charge is -2.36. The number of benzene rings is 3. The minimum absolute atomic E-state index is 0.232. The Morgan fingerprint density at radius 3 is 2.17 bits per heavy atom. The minimum atomic E-state index is -0.232. The molecule has 0 spiro atoms. The second-order valence-electron chi connectivity index (χ2n) is 6.77. The molecule has 120 valence electrons. The highest BCUT2D eigenvalue weighted by atomic mass is 15.2. The quantitative estimate of drug-likeness (QED) is 0.694. The zero-order valence-corrected chi connectivity index (χ0v) is 14.0. The molecule has 0 saturated carbocycles. The number of amidine groups is 1. The number of hydrogen-bond acceptors (Lipinski definition) is 2. The van der Waals surface area contributed by atoms with Gasteiger partial charge in [-0.05, 0) is 42.3 Å². The Bertz CT molecular complexity index is 911. The third kappa shape index (κ3) is 2.73. The van der Waals surface area contributed by atoms with Gasteiger partial charge in [0.2, 0.25) is 0 Å². The number of fused-ring (bicyclic) bond motifs is 2. The highest BCUT2D eigenvalue weighted by Gasteiger charge is 2.30. The molecule has 1 heterocycles. The van der Waals surface area contributed by atoms with Crippen LogP contribution in [0.3, 0.4) is 0 Å². The Balaban J connectivity index is 1.69. The Morgan fingerprint density at radius 1 is 0.833 bits per heavy atom. The van der Waals surface area contributed by atoms with Crippen molar-refractivity contribution in [3.8, 4) is 0 Å². The molecule has 0 saturated heterocycles. The van der Waals surface area contributed by atoms with Gasteiger partial charge < -0.3 is 10.6 Å². The van der Waals surface area contributed by atoms with Crippen molar-refractivity contribution >= 4 is 28.0 Å². The van der Waals surface area contributed by atoms with Crippen LogP contribution in [0.25, 0.3) is 10.8 Å². The maximum atomic E-state index is 4.83. The molecule has 0 aliphatic carbocycles. The molecule has 0 radical (unpaired) electrons. The highest BCUT2D eigenvalue weighted by molar-refractivity contribution is 6.11. The van der Waals surface area contributed by atoms with Gasteiger partial charge in [-0.15, -0.1) is 0 Å². The van der Waals surface area contributed by atoms with Crippen molar-refractivity contribution in [2.45, 2.75) is 25.9 Å². The van der Waals surface area contributed by atoms with Crippen LogP contribution in [-0.4, -0.2) is 11.4 Å². The maximum absolute atomic E-state index is 4.83. The van der Waals surface area contributed by atoms with Crippen LogP contribution in [0.15, 0.2) is 71.7 Å². The molecule has 1 aliphatic heterocycles. The van der Waals surface area contributed by atoms with Crippen LogP contribution < -0.4 is 10.6 Å². The van der Waals surface area contributed by atoms with E-state index in [-0.39, 0.29) is 5.54 Å². The van der Waals surface area contributed by atoms with Gasteiger partial charge in [-0.3, -0.25) is 4.99 Å². The van der Waals surface area contributed by atoms with Crippen LogP contribution in [0.1, 0.15) is 19.4 Å². The largest absolute Gasteiger partial charge is 0.371 e. The molecule has 3 heteroatoms. The van der Waals surface area contributed by atoms with E-state index in [4.69, 9.17) is 4.99 Å². The summed E-state index contributed by atoms with van der Waals surface area (Å²) in [5.74, 6) is 0.967. The zero-order valence-electron chi connectivity index (χ0n) is 14.0. The number of nitrogens with one attached hydrogen (secondary N) is 2. The number of anilines is 2. The smallest absolute Gasteiger partial charge is 0.126 e. The van der Waals surface area contributed by atoms with E-state index in [1.165, 1.54) is 16.3 Å². The summed E-state index contributed by atoms with van der Waals surface area (Å²) in [6, 6.07) is 23.1. The molecule has 0 fully saturated rings. The fourth-order valence-corrected chi connectivity index (χ4v) is 3.12. The first-order valence-corrected chi connectivity index (χ1v) is 8.29. The summed E-state index contributed by atoms with van der Waals surface area (Å²) >= 11 is 0. The molecule has 3 nitrogen and oxygen atoms in total. The van der Waals surface area contributed by atoms with E-state index in [0.717, 1.165) is 17.2 Å². The molecule has 0 unspecified atom stereocenters. The van der Waals surface area contributed by atoms with E-state index in [1.54, 1.807) is 0 Å².